The number of aryl methyl sites for hydroxylation is 1. The molecule has 2 aromatic carbocycles. The summed E-state index contributed by atoms with van der Waals surface area (Å²) in [5.41, 5.74) is 1.54. The molecule has 5 aromatic rings. The van der Waals surface area contributed by atoms with E-state index in [9.17, 15) is 9.59 Å². The molecule has 0 bridgehead atoms. The number of rotatable bonds is 10. The lowest BCUT2D eigenvalue weighted by molar-refractivity contribution is 0.243. The Morgan fingerprint density at radius 1 is 0.921 bits per heavy atom. The van der Waals surface area contributed by atoms with Crippen molar-refractivity contribution in [2.45, 2.75) is 46.4 Å². The normalized spacial score (nSPS) is 11.2. The monoisotopic (exact) mass is 516 g/mol. The summed E-state index contributed by atoms with van der Waals surface area (Å²) in [6.45, 7) is 4.85. The third-order valence-corrected chi connectivity index (χ3v) is 6.04. The van der Waals surface area contributed by atoms with Gasteiger partial charge < -0.3 is 19.0 Å². The Hall–Kier alpha value is -4.67. The molecular weight excluding hydrogens is 488 g/mol. The van der Waals surface area contributed by atoms with E-state index in [-0.39, 0.29) is 17.9 Å². The molecule has 3 aromatic heterocycles. The second-order valence-corrected chi connectivity index (χ2v) is 8.73. The lowest BCUT2D eigenvalue weighted by atomic mass is 10.2. The molecule has 0 radical (unpaired) electrons. The fourth-order valence-corrected chi connectivity index (χ4v) is 4.20. The number of aromatic amines is 1. The highest BCUT2D eigenvalue weighted by Gasteiger charge is 2.17. The zero-order valence-electron chi connectivity index (χ0n) is 21.4. The van der Waals surface area contributed by atoms with Gasteiger partial charge >= 0.3 is 5.69 Å². The third-order valence-electron chi connectivity index (χ3n) is 6.04. The molecule has 0 atom stereocenters. The number of benzene rings is 2. The highest BCUT2D eigenvalue weighted by atomic mass is 16.5. The van der Waals surface area contributed by atoms with Crippen molar-refractivity contribution in [1.29, 1.82) is 0 Å². The summed E-state index contributed by atoms with van der Waals surface area (Å²) in [6, 6.07) is 14.6. The Morgan fingerprint density at radius 3 is 2.42 bits per heavy atom. The van der Waals surface area contributed by atoms with Crippen molar-refractivity contribution < 1.29 is 14.0 Å². The summed E-state index contributed by atoms with van der Waals surface area (Å²) < 4.78 is 19.2. The van der Waals surface area contributed by atoms with E-state index in [0.29, 0.717) is 59.7 Å². The molecule has 1 N–H and O–H groups in total. The van der Waals surface area contributed by atoms with Gasteiger partial charge in [0.1, 0.15) is 22.8 Å². The highest BCUT2D eigenvalue weighted by molar-refractivity contribution is 5.75. The van der Waals surface area contributed by atoms with Crippen LogP contribution >= 0.6 is 0 Å². The number of hydrogen-bond donors (Lipinski definition) is 1. The molecule has 0 aliphatic rings. The molecule has 0 unspecified atom stereocenters. The first-order valence-electron chi connectivity index (χ1n) is 12.5. The van der Waals surface area contributed by atoms with Crippen LogP contribution in [0.2, 0.25) is 0 Å². The zero-order valence-corrected chi connectivity index (χ0v) is 21.4. The van der Waals surface area contributed by atoms with E-state index in [1.165, 1.54) is 4.57 Å². The number of nitrogens with zero attached hydrogens (tertiary/aromatic N) is 5. The molecule has 0 spiro atoms. The number of H-pyrrole nitrogens is 1. The second kappa shape index (κ2) is 10.8. The quantitative estimate of drug-likeness (QED) is 0.295. The molecule has 0 aliphatic carbocycles. The summed E-state index contributed by atoms with van der Waals surface area (Å²) in [7, 11) is 1.60. The van der Waals surface area contributed by atoms with Gasteiger partial charge in [-0.25, -0.2) is 9.78 Å². The van der Waals surface area contributed by atoms with Crippen LogP contribution in [-0.2, 0) is 19.7 Å². The molecule has 38 heavy (non-hydrogen) atoms. The smallest absolute Gasteiger partial charge is 0.332 e. The van der Waals surface area contributed by atoms with Crippen LogP contribution in [0.4, 0.5) is 0 Å². The number of nitrogens with one attached hydrogen (secondary N) is 1. The molecule has 11 nitrogen and oxygen atoms in total. The maximum absolute atomic E-state index is 13.0. The topological polar surface area (TPSA) is 130 Å². The number of ether oxygens (including phenoxy) is 2. The molecule has 11 heteroatoms. The Bertz CT molecular complexity index is 1680. The van der Waals surface area contributed by atoms with Gasteiger partial charge in [-0.1, -0.05) is 31.1 Å². The van der Waals surface area contributed by atoms with E-state index >= 15 is 0 Å². The van der Waals surface area contributed by atoms with Crippen LogP contribution in [0.15, 0.2) is 62.6 Å². The van der Waals surface area contributed by atoms with E-state index in [4.69, 9.17) is 14.0 Å². The fourth-order valence-electron chi connectivity index (χ4n) is 4.20. The predicted octanol–water partition coefficient (Wildman–Crippen LogP) is 4.01. The average Bonchev–Trinajstić information content (AvgIpc) is 3.61. The van der Waals surface area contributed by atoms with Crippen molar-refractivity contribution in [3.63, 3.8) is 0 Å². The Morgan fingerprint density at radius 2 is 1.68 bits per heavy atom. The molecule has 0 fully saturated rings. The first-order valence-corrected chi connectivity index (χ1v) is 12.5. The second-order valence-electron chi connectivity index (χ2n) is 8.73. The van der Waals surface area contributed by atoms with Crippen molar-refractivity contribution in [3.8, 4) is 34.3 Å². The molecule has 3 heterocycles. The van der Waals surface area contributed by atoms with Crippen LogP contribution < -0.4 is 20.7 Å². The average molecular weight is 517 g/mol. The number of methoxy groups -OCH3 is 1. The summed E-state index contributed by atoms with van der Waals surface area (Å²) in [4.78, 5) is 38.0. The molecule has 0 saturated heterocycles. The number of aromatic nitrogens is 6. The summed E-state index contributed by atoms with van der Waals surface area (Å²) in [5, 5.41) is 4.01. The minimum absolute atomic E-state index is 0.0984. The van der Waals surface area contributed by atoms with Crippen molar-refractivity contribution in [2.24, 2.45) is 0 Å². The molecule has 5 rings (SSSR count). The van der Waals surface area contributed by atoms with Gasteiger partial charge in [-0.15, -0.1) is 0 Å². The summed E-state index contributed by atoms with van der Waals surface area (Å²) in [5.74, 6) is 2.58. The van der Waals surface area contributed by atoms with Crippen molar-refractivity contribution in [2.75, 3.05) is 7.11 Å². The van der Waals surface area contributed by atoms with Gasteiger partial charge in [-0.05, 0) is 49.2 Å². The van der Waals surface area contributed by atoms with Gasteiger partial charge in [0, 0.05) is 24.2 Å². The van der Waals surface area contributed by atoms with E-state index in [2.05, 4.69) is 20.1 Å². The highest BCUT2D eigenvalue weighted by Crippen LogP contribution is 2.24. The van der Waals surface area contributed by atoms with Gasteiger partial charge in [-0.3, -0.25) is 13.9 Å². The SMILES string of the molecule is CCCn1c(=O)c2[nH]c(-c3ccc(OCc4nc(-c5cccc(OC)c5)no4)cc3)nc2n(CCC)c1=O. The van der Waals surface area contributed by atoms with Crippen molar-refractivity contribution >= 4 is 11.2 Å². The van der Waals surface area contributed by atoms with Gasteiger partial charge in [0.05, 0.1) is 7.11 Å². The predicted molar refractivity (Wildman–Crippen MR) is 141 cm³/mol. The van der Waals surface area contributed by atoms with Crippen LogP contribution in [0.5, 0.6) is 11.5 Å². The lowest BCUT2D eigenvalue weighted by Crippen LogP contribution is -2.40. The largest absolute Gasteiger partial charge is 0.497 e. The van der Waals surface area contributed by atoms with Crippen LogP contribution in [0.1, 0.15) is 32.6 Å². The van der Waals surface area contributed by atoms with E-state index in [0.717, 1.165) is 17.5 Å². The van der Waals surface area contributed by atoms with Gasteiger partial charge in [0.25, 0.3) is 11.4 Å². The molecule has 0 saturated carbocycles. The molecule has 0 aliphatic heterocycles. The molecule has 0 amide bonds. The Kier molecular flexibility index (Phi) is 7.07. The lowest BCUT2D eigenvalue weighted by Gasteiger charge is -2.09. The standard InChI is InChI=1S/C27H28N6O5/c1-4-13-32-25-22(26(34)33(14-5-2)27(32)35)29-23(30-25)17-9-11-19(12-10-17)37-16-21-28-24(31-38-21)18-7-6-8-20(15-18)36-3/h6-12,15H,4-5,13-14,16H2,1-3H3,(H,29,30). The maximum Gasteiger partial charge on any atom is 0.332 e. The molecule has 196 valence electrons. The molecular formula is C27H28N6O5. The fraction of sp³-hybridized carbons (Fsp3) is 0.296. The Balaban J connectivity index is 1.34. The number of fused-ring (bicyclic) bond motifs is 1. The van der Waals surface area contributed by atoms with E-state index in [1.807, 2.05) is 50.2 Å². The minimum atomic E-state index is -0.356. The number of hydrogen-bond acceptors (Lipinski definition) is 8. The van der Waals surface area contributed by atoms with Gasteiger partial charge in [-0.2, -0.15) is 4.98 Å². The van der Waals surface area contributed by atoms with Crippen molar-refractivity contribution in [3.05, 3.63) is 75.3 Å². The Labute approximate surface area is 217 Å². The third kappa shape index (κ3) is 4.82. The maximum atomic E-state index is 13.0. The van der Waals surface area contributed by atoms with Crippen LogP contribution in [0, 0.1) is 0 Å². The van der Waals surface area contributed by atoms with Gasteiger partial charge in [0.15, 0.2) is 12.3 Å². The first-order chi connectivity index (χ1) is 18.5. The zero-order chi connectivity index (χ0) is 26.6. The van der Waals surface area contributed by atoms with Crippen LogP contribution in [0.25, 0.3) is 33.9 Å². The van der Waals surface area contributed by atoms with E-state index < -0.39 is 0 Å². The minimum Gasteiger partial charge on any atom is -0.497 e. The van der Waals surface area contributed by atoms with Crippen molar-refractivity contribution in [1.82, 2.24) is 29.2 Å². The van der Waals surface area contributed by atoms with Crippen LogP contribution in [0.3, 0.4) is 0 Å². The summed E-state index contributed by atoms with van der Waals surface area (Å²) in [6.07, 6.45) is 1.43. The first kappa shape index (κ1) is 25.0. The summed E-state index contributed by atoms with van der Waals surface area (Å²) >= 11 is 0. The van der Waals surface area contributed by atoms with Crippen LogP contribution in [-0.4, -0.2) is 36.4 Å². The number of imidazole rings is 1. The van der Waals surface area contributed by atoms with E-state index in [1.54, 1.807) is 23.8 Å². The van der Waals surface area contributed by atoms with Gasteiger partial charge in [0.2, 0.25) is 5.82 Å².